The molecule has 0 radical (unpaired) electrons. The van der Waals surface area contributed by atoms with Gasteiger partial charge in [-0.15, -0.1) is 0 Å². The van der Waals surface area contributed by atoms with Crippen LogP contribution in [0.25, 0.3) is 5.76 Å². The van der Waals surface area contributed by atoms with E-state index in [2.05, 4.69) is 4.98 Å². The van der Waals surface area contributed by atoms with Crippen molar-refractivity contribution in [2.75, 3.05) is 18.1 Å². The van der Waals surface area contributed by atoms with E-state index >= 15 is 0 Å². The Balaban J connectivity index is 1.82. The SMILES string of the molecule is CCCOc1ccc(/C(O)=C2\C(=O)C(=O)N(c3nc(C)c(C(=O)OCC)s3)[C@H]2c2ccccc2)cc1. The molecule has 9 heteroatoms. The van der Waals surface area contributed by atoms with Crippen LogP contribution in [0.1, 0.15) is 52.8 Å². The Morgan fingerprint density at radius 3 is 2.42 bits per heavy atom. The second-order valence-corrected chi connectivity index (χ2v) is 9.06. The molecule has 0 aliphatic carbocycles. The molecule has 1 atom stereocenters. The van der Waals surface area contributed by atoms with E-state index in [0.717, 1.165) is 17.8 Å². The van der Waals surface area contributed by atoms with Crippen LogP contribution in [0.2, 0.25) is 0 Å². The van der Waals surface area contributed by atoms with Gasteiger partial charge in [0.1, 0.15) is 16.4 Å². The quantitative estimate of drug-likeness (QED) is 0.197. The van der Waals surface area contributed by atoms with Crippen molar-refractivity contribution in [3.63, 3.8) is 0 Å². The molecule has 8 nitrogen and oxygen atoms in total. The van der Waals surface area contributed by atoms with Crippen LogP contribution in [0, 0.1) is 6.92 Å². The van der Waals surface area contributed by atoms with Crippen LogP contribution in [0.4, 0.5) is 5.13 Å². The van der Waals surface area contributed by atoms with E-state index in [1.165, 1.54) is 4.90 Å². The second-order valence-electron chi connectivity index (χ2n) is 8.08. The highest BCUT2D eigenvalue weighted by atomic mass is 32.1. The lowest BCUT2D eigenvalue weighted by atomic mass is 9.95. The normalized spacial score (nSPS) is 16.9. The molecule has 1 N–H and O–H groups in total. The summed E-state index contributed by atoms with van der Waals surface area (Å²) in [6, 6.07) is 14.7. The number of nitrogens with zero attached hydrogens (tertiary/aromatic N) is 2. The Hall–Kier alpha value is -3.98. The largest absolute Gasteiger partial charge is 0.507 e. The zero-order chi connectivity index (χ0) is 25.8. The van der Waals surface area contributed by atoms with Gasteiger partial charge in [0.2, 0.25) is 0 Å². The Morgan fingerprint density at radius 2 is 1.78 bits per heavy atom. The van der Waals surface area contributed by atoms with Crippen LogP contribution in [0.5, 0.6) is 5.75 Å². The molecule has 0 unspecified atom stereocenters. The third-order valence-corrected chi connectivity index (χ3v) is 6.75. The predicted molar refractivity (Wildman–Crippen MR) is 136 cm³/mol. The van der Waals surface area contributed by atoms with E-state index < -0.39 is 23.7 Å². The molecule has 2 aromatic carbocycles. The first-order valence-corrected chi connectivity index (χ1v) is 12.4. The summed E-state index contributed by atoms with van der Waals surface area (Å²) in [5, 5.41) is 11.4. The molecule has 4 rings (SSSR count). The number of carbonyl (C=O) groups excluding carboxylic acids is 3. The zero-order valence-electron chi connectivity index (χ0n) is 20.2. The third-order valence-electron chi connectivity index (χ3n) is 5.61. The lowest BCUT2D eigenvalue weighted by Gasteiger charge is -2.23. The van der Waals surface area contributed by atoms with Crippen LogP contribution < -0.4 is 9.64 Å². The number of aliphatic hydroxyl groups is 1. The fourth-order valence-electron chi connectivity index (χ4n) is 3.94. The summed E-state index contributed by atoms with van der Waals surface area (Å²) in [5.74, 6) is -1.88. The maximum Gasteiger partial charge on any atom is 0.350 e. The number of aliphatic hydroxyl groups excluding tert-OH is 1. The van der Waals surface area contributed by atoms with Gasteiger partial charge >= 0.3 is 11.9 Å². The number of rotatable bonds is 8. The lowest BCUT2D eigenvalue weighted by Crippen LogP contribution is -2.29. The summed E-state index contributed by atoms with van der Waals surface area (Å²) in [7, 11) is 0. The van der Waals surface area contributed by atoms with Gasteiger partial charge in [0.15, 0.2) is 5.13 Å². The zero-order valence-corrected chi connectivity index (χ0v) is 21.0. The lowest BCUT2D eigenvalue weighted by molar-refractivity contribution is -0.132. The number of amides is 1. The number of thiazole rings is 1. The minimum atomic E-state index is -0.928. The van der Waals surface area contributed by atoms with Crippen molar-refractivity contribution in [1.82, 2.24) is 4.98 Å². The Morgan fingerprint density at radius 1 is 1.08 bits per heavy atom. The molecule has 2 heterocycles. The van der Waals surface area contributed by atoms with Crippen molar-refractivity contribution in [3.05, 3.63) is 81.9 Å². The molecular formula is C27H26N2O6S. The van der Waals surface area contributed by atoms with E-state index in [4.69, 9.17) is 9.47 Å². The highest BCUT2D eigenvalue weighted by Crippen LogP contribution is 2.44. The Labute approximate surface area is 212 Å². The predicted octanol–water partition coefficient (Wildman–Crippen LogP) is 5.04. The van der Waals surface area contributed by atoms with Crippen molar-refractivity contribution < 1.29 is 29.0 Å². The van der Waals surface area contributed by atoms with Gasteiger partial charge in [0.05, 0.1) is 30.5 Å². The molecule has 1 amide bonds. The van der Waals surface area contributed by atoms with E-state index in [0.29, 0.717) is 29.2 Å². The molecule has 186 valence electrons. The molecule has 0 spiro atoms. The van der Waals surface area contributed by atoms with E-state index in [9.17, 15) is 19.5 Å². The Bertz CT molecular complexity index is 1310. The average molecular weight is 507 g/mol. The smallest absolute Gasteiger partial charge is 0.350 e. The number of anilines is 1. The molecular weight excluding hydrogens is 480 g/mol. The number of Topliss-reactive ketones (excluding diaryl/α,β-unsaturated/α-hetero) is 1. The minimum Gasteiger partial charge on any atom is -0.507 e. The van der Waals surface area contributed by atoms with Crippen molar-refractivity contribution in [1.29, 1.82) is 0 Å². The number of ether oxygens (including phenoxy) is 2. The first-order valence-electron chi connectivity index (χ1n) is 11.6. The van der Waals surface area contributed by atoms with Gasteiger partial charge in [0, 0.05) is 5.56 Å². The van der Waals surface area contributed by atoms with Gasteiger partial charge < -0.3 is 14.6 Å². The van der Waals surface area contributed by atoms with Crippen LogP contribution in [-0.2, 0) is 14.3 Å². The van der Waals surface area contributed by atoms with E-state index in [1.54, 1.807) is 62.4 Å². The van der Waals surface area contributed by atoms with Gasteiger partial charge in [-0.05, 0) is 50.1 Å². The second kappa shape index (κ2) is 10.7. The van der Waals surface area contributed by atoms with Crippen molar-refractivity contribution in [3.8, 4) is 5.75 Å². The number of carbonyl (C=O) groups is 3. The fourth-order valence-corrected chi connectivity index (χ4v) is 4.92. The summed E-state index contributed by atoms with van der Waals surface area (Å²) in [5.41, 5.74) is 1.33. The summed E-state index contributed by atoms with van der Waals surface area (Å²) in [6.45, 7) is 6.10. The summed E-state index contributed by atoms with van der Waals surface area (Å²) in [4.78, 5) is 44.8. The molecule has 1 saturated heterocycles. The highest BCUT2D eigenvalue weighted by Gasteiger charge is 2.48. The number of aromatic nitrogens is 1. The first kappa shape index (κ1) is 25.1. The fraction of sp³-hybridized carbons (Fsp3) is 0.259. The van der Waals surface area contributed by atoms with E-state index in [1.807, 2.05) is 13.0 Å². The van der Waals surface area contributed by atoms with E-state index in [-0.39, 0.29) is 27.9 Å². The molecule has 3 aromatic rings. The van der Waals surface area contributed by atoms with Crippen molar-refractivity contribution in [2.45, 2.75) is 33.2 Å². The van der Waals surface area contributed by atoms with Gasteiger partial charge in [-0.3, -0.25) is 14.5 Å². The number of benzene rings is 2. The first-order chi connectivity index (χ1) is 17.4. The van der Waals surface area contributed by atoms with Gasteiger partial charge in [0.25, 0.3) is 5.78 Å². The monoisotopic (exact) mass is 506 g/mol. The van der Waals surface area contributed by atoms with Crippen LogP contribution in [-0.4, -0.2) is 41.0 Å². The number of esters is 1. The summed E-state index contributed by atoms with van der Waals surface area (Å²) >= 11 is 0.975. The standard InChI is InChI=1S/C27H26N2O6S/c1-4-15-35-19-13-11-18(12-14-19)22(30)20-21(17-9-7-6-8-10-17)29(25(32)23(20)31)27-28-16(3)24(36-27)26(33)34-5-2/h6-14,21,30H,4-5,15H2,1-3H3/b22-20+/t21-/m0/s1. The molecule has 36 heavy (non-hydrogen) atoms. The maximum atomic E-state index is 13.3. The van der Waals surface area contributed by atoms with Crippen molar-refractivity contribution in [2.24, 2.45) is 0 Å². The third kappa shape index (κ3) is 4.74. The van der Waals surface area contributed by atoms with Crippen LogP contribution in [0.15, 0.2) is 60.2 Å². The van der Waals surface area contributed by atoms with Crippen molar-refractivity contribution >= 4 is 39.9 Å². The number of hydrogen-bond acceptors (Lipinski definition) is 8. The van der Waals surface area contributed by atoms with Gasteiger partial charge in [-0.25, -0.2) is 9.78 Å². The highest BCUT2D eigenvalue weighted by molar-refractivity contribution is 7.17. The number of aryl methyl sites for hydroxylation is 1. The molecule has 0 saturated carbocycles. The summed E-state index contributed by atoms with van der Waals surface area (Å²) < 4.78 is 10.7. The molecule has 0 bridgehead atoms. The van der Waals surface area contributed by atoms with Crippen LogP contribution >= 0.6 is 11.3 Å². The van der Waals surface area contributed by atoms with Crippen LogP contribution in [0.3, 0.4) is 0 Å². The van der Waals surface area contributed by atoms with Gasteiger partial charge in [-0.1, -0.05) is 48.6 Å². The number of hydrogen-bond donors (Lipinski definition) is 1. The molecule has 1 aliphatic rings. The topological polar surface area (TPSA) is 106 Å². The summed E-state index contributed by atoms with van der Waals surface area (Å²) in [6.07, 6.45) is 0.858. The maximum absolute atomic E-state index is 13.3. The Kier molecular flexibility index (Phi) is 7.49. The van der Waals surface area contributed by atoms with Gasteiger partial charge in [-0.2, -0.15) is 0 Å². The average Bonchev–Trinajstić information content (AvgIpc) is 3.40. The molecule has 1 fully saturated rings. The molecule has 1 aromatic heterocycles. The number of ketones is 1. The minimum absolute atomic E-state index is 0.0565. The molecule has 1 aliphatic heterocycles.